The minimum absolute atomic E-state index is 0.268. The van der Waals surface area contributed by atoms with Gasteiger partial charge >= 0.3 is 0 Å². The number of nitrogens with zero attached hydrogens (tertiary/aromatic N) is 1. The molecule has 20 heavy (non-hydrogen) atoms. The van der Waals surface area contributed by atoms with Crippen LogP contribution in [-0.4, -0.2) is 11.8 Å². The van der Waals surface area contributed by atoms with Crippen molar-refractivity contribution < 1.29 is 9.59 Å². The first kappa shape index (κ1) is 13.0. The molecule has 100 valence electrons. The van der Waals surface area contributed by atoms with Gasteiger partial charge in [0, 0.05) is 10.7 Å². The maximum atomic E-state index is 12.4. The van der Waals surface area contributed by atoms with Gasteiger partial charge in [0.2, 0.25) is 0 Å². The topological polar surface area (TPSA) is 63.4 Å². The van der Waals surface area contributed by atoms with E-state index in [0.717, 1.165) is 4.90 Å². The van der Waals surface area contributed by atoms with E-state index in [2.05, 4.69) is 0 Å². The lowest BCUT2D eigenvalue weighted by Gasteiger charge is -2.15. The van der Waals surface area contributed by atoms with Gasteiger partial charge < -0.3 is 5.73 Å². The molecule has 6 heteroatoms. The second-order valence-electron chi connectivity index (χ2n) is 4.35. The van der Waals surface area contributed by atoms with Crippen molar-refractivity contribution in [3.63, 3.8) is 0 Å². The van der Waals surface area contributed by atoms with Crippen molar-refractivity contribution in [2.45, 2.75) is 0 Å². The number of amides is 2. The molecule has 1 aliphatic rings. The maximum Gasteiger partial charge on any atom is 0.266 e. The van der Waals surface area contributed by atoms with E-state index in [-0.39, 0.29) is 16.3 Å². The van der Waals surface area contributed by atoms with E-state index in [1.807, 2.05) is 0 Å². The molecule has 0 aliphatic carbocycles. The van der Waals surface area contributed by atoms with E-state index in [1.54, 1.807) is 12.1 Å². The molecule has 2 amide bonds. The van der Waals surface area contributed by atoms with Gasteiger partial charge in [-0.15, -0.1) is 0 Å². The van der Waals surface area contributed by atoms with E-state index in [9.17, 15) is 9.59 Å². The van der Waals surface area contributed by atoms with Crippen LogP contribution in [0.3, 0.4) is 0 Å². The van der Waals surface area contributed by atoms with Gasteiger partial charge in [-0.2, -0.15) is 0 Å². The van der Waals surface area contributed by atoms with E-state index >= 15 is 0 Å². The lowest BCUT2D eigenvalue weighted by Crippen LogP contribution is -2.29. The van der Waals surface area contributed by atoms with Gasteiger partial charge in [-0.1, -0.05) is 23.2 Å². The molecule has 0 saturated carbocycles. The number of benzene rings is 2. The Morgan fingerprint density at radius 2 is 1.60 bits per heavy atom. The first-order valence-corrected chi connectivity index (χ1v) is 6.48. The van der Waals surface area contributed by atoms with Gasteiger partial charge in [0.15, 0.2) is 0 Å². The second kappa shape index (κ2) is 4.51. The standard InChI is InChI=1S/C14H8Cl2N2O2/c15-7-1-4-11(16)12(5-7)18-13(19)9-3-2-8(17)6-10(9)14(18)20/h1-6H,17H2. The molecule has 0 aromatic heterocycles. The predicted molar refractivity (Wildman–Crippen MR) is 78.5 cm³/mol. The summed E-state index contributed by atoms with van der Waals surface area (Å²) in [5.74, 6) is -0.893. The summed E-state index contributed by atoms with van der Waals surface area (Å²) in [5, 5.41) is 0.664. The highest BCUT2D eigenvalue weighted by molar-refractivity contribution is 6.40. The number of imide groups is 1. The van der Waals surface area contributed by atoms with Crippen molar-refractivity contribution in [3.8, 4) is 0 Å². The summed E-state index contributed by atoms with van der Waals surface area (Å²) < 4.78 is 0. The Kier molecular flexibility index (Phi) is 2.92. The van der Waals surface area contributed by atoms with Crippen LogP contribution in [0.4, 0.5) is 11.4 Å². The zero-order chi connectivity index (χ0) is 14.4. The number of halogens is 2. The Labute approximate surface area is 124 Å². The molecule has 2 aromatic rings. The van der Waals surface area contributed by atoms with Crippen molar-refractivity contribution in [2.75, 3.05) is 10.6 Å². The van der Waals surface area contributed by atoms with Crippen molar-refractivity contribution >= 4 is 46.4 Å². The van der Waals surface area contributed by atoms with Crippen LogP contribution in [0.1, 0.15) is 20.7 Å². The van der Waals surface area contributed by atoms with Gasteiger partial charge in [0.05, 0.1) is 21.8 Å². The van der Waals surface area contributed by atoms with Crippen LogP contribution in [-0.2, 0) is 0 Å². The third-order valence-corrected chi connectivity index (χ3v) is 3.61. The Hall–Kier alpha value is -2.04. The molecule has 3 rings (SSSR count). The fraction of sp³-hybridized carbons (Fsp3) is 0. The van der Waals surface area contributed by atoms with Crippen molar-refractivity contribution in [3.05, 3.63) is 57.6 Å². The van der Waals surface area contributed by atoms with Crippen LogP contribution >= 0.6 is 23.2 Å². The van der Waals surface area contributed by atoms with Crippen LogP contribution in [0.15, 0.2) is 36.4 Å². The molecule has 0 radical (unpaired) electrons. The van der Waals surface area contributed by atoms with E-state index < -0.39 is 11.8 Å². The third kappa shape index (κ3) is 1.85. The summed E-state index contributed by atoms with van der Waals surface area (Å²) in [4.78, 5) is 25.7. The van der Waals surface area contributed by atoms with Crippen LogP contribution in [0.2, 0.25) is 10.0 Å². The summed E-state index contributed by atoms with van der Waals surface area (Å²) in [5.41, 5.74) is 6.91. The number of nitrogens with two attached hydrogens (primary N) is 1. The average molecular weight is 307 g/mol. The van der Waals surface area contributed by atoms with Gasteiger partial charge in [-0.25, -0.2) is 4.90 Å². The first-order valence-electron chi connectivity index (χ1n) is 5.72. The Balaban J connectivity index is 2.16. The number of anilines is 2. The molecular formula is C14H8Cl2N2O2. The highest BCUT2D eigenvalue weighted by Crippen LogP contribution is 2.35. The molecular weight excluding hydrogens is 299 g/mol. The maximum absolute atomic E-state index is 12.4. The third-order valence-electron chi connectivity index (χ3n) is 3.06. The number of rotatable bonds is 1. The second-order valence-corrected chi connectivity index (χ2v) is 5.19. The molecule has 1 aliphatic heterocycles. The molecule has 0 bridgehead atoms. The lowest BCUT2D eigenvalue weighted by molar-refractivity contribution is 0.0926. The van der Waals surface area contributed by atoms with Gasteiger partial charge in [0.1, 0.15) is 0 Å². The van der Waals surface area contributed by atoms with Crippen molar-refractivity contribution in [1.29, 1.82) is 0 Å². The molecule has 2 aromatic carbocycles. The van der Waals surface area contributed by atoms with E-state index in [0.29, 0.717) is 16.3 Å². The smallest absolute Gasteiger partial charge is 0.266 e. The molecule has 0 saturated heterocycles. The van der Waals surface area contributed by atoms with Gasteiger partial charge in [-0.05, 0) is 36.4 Å². The zero-order valence-electron chi connectivity index (χ0n) is 10.1. The lowest BCUT2D eigenvalue weighted by atomic mass is 10.1. The van der Waals surface area contributed by atoms with Gasteiger partial charge in [0.25, 0.3) is 11.8 Å². The highest BCUT2D eigenvalue weighted by atomic mass is 35.5. The van der Waals surface area contributed by atoms with Crippen LogP contribution in [0.5, 0.6) is 0 Å². The number of carbonyl (C=O) groups is 2. The minimum atomic E-state index is -0.457. The van der Waals surface area contributed by atoms with Crippen molar-refractivity contribution in [1.82, 2.24) is 0 Å². The number of nitrogen functional groups attached to an aromatic ring is 1. The quantitative estimate of drug-likeness (QED) is 0.649. The molecule has 1 heterocycles. The van der Waals surface area contributed by atoms with Crippen LogP contribution < -0.4 is 10.6 Å². The molecule has 4 nitrogen and oxygen atoms in total. The minimum Gasteiger partial charge on any atom is -0.399 e. The number of carbonyl (C=O) groups excluding carboxylic acids is 2. The van der Waals surface area contributed by atoms with E-state index in [1.165, 1.54) is 24.3 Å². The summed E-state index contributed by atoms with van der Waals surface area (Å²) >= 11 is 12.0. The Morgan fingerprint density at radius 3 is 2.35 bits per heavy atom. The summed E-state index contributed by atoms with van der Waals surface area (Å²) in [6, 6.07) is 9.19. The normalized spacial score (nSPS) is 13.8. The fourth-order valence-electron chi connectivity index (χ4n) is 2.13. The number of fused-ring (bicyclic) bond motifs is 1. The summed E-state index contributed by atoms with van der Waals surface area (Å²) in [6.45, 7) is 0. The Bertz CT molecular complexity index is 759. The molecule has 2 N–H and O–H groups in total. The summed E-state index contributed by atoms with van der Waals surface area (Å²) in [6.07, 6.45) is 0. The SMILES string of the molecule is Nc1ccc2c(c1)C(=O)N(c1cc(Cl)ccc1Cl)C2=O. The number of hydrogen-bond acceptors (Lipinski definition) is 3. The van der Waals surface area contributed by atoms with Crippen molar-refractivity contribution in [2.24, 2.45) is 0 Å². The predicted octanol–water partition coefficient (Wildman–Crippen LogP) is 3.38. The first-order chi connectivity index (χ1) is 9.49. The average Bonchev–Trinajstić information content (AvgIpc) is 2.65. The molecule has 0 unspecified atom stereocenters. The monoisotopic (exact) mass is 306 g/mol. The summed E-state index contributed by atoms with van der Waals surface area (Å²) in [7, 11) is 0. The fourth-order valence-corrected chi connectivity index (χ4v) is 2.50. The van der Waals surface area contributed by atoms with Gasteiger partial charge in [-0.3, -0.25) is 9.59 Å². The Morgan fingerprint density at radius 1 is 0.900 bits per heavy atom. The van der Waals surface area contributed by atoms with E-state index in [4.69, 9.17) is 28.9 Å². The van der Waals surface area contributed by atoms with Crippen LogP contribution in [0.25, 0.3) is 0 Å². The number of hydrogen-bond donors (Lipinski definition) is 1. The molecule has 0 fully saturated rings. The molecule has 0 atom stereocenters. The van der Waals surface area contributed by atoms with Crippen LogP contribution in [0, 0.1) is 0 Å². The zero-order valence-corrected chi connectivity index (χ0v) is 11.6. The highest BCUT2D eigenvalue weighted by Gasteiger charge is 2.37. The largest absolute Gasteiger partial charge is 0.399 e. The molecule has 0 spiro atoms.